The number of hydrogen-bond acceptors (Lipinski definition) is 6. The SMILES string of the molecule is CCCCCCCCC/C=C/CCCCc1nc2sc(C(=O)OCc3ccccc3)c(C)c2c(=O)o1. The molecule has 6 heteroatoms. The van der Waals surface area contributed by atoms with Gasteiger partial charge in [-0.1, -0.05) is 87.9 Å². The minimum absolute atomic E-state index is 0.189. The van der Waals surface area contributed by atoms with E-state index in [0.717, 1.165) is 31.2 Å². The van der Waals surface area contributed by atoms with Crippen LogP contribution < -0.4 is 5.63 Å². The molecule has 0 unspecified atom stereocenters. The molecule has 194 valence electrons. The molecule has 0 atom stereocenters. The van der Waals surface area contributed by atoms with Crippen molar-refractivity contribution in [1.29, 1.82) is 0 Å². The van der Waals surface area contributed by atoms with E-state index in [1.807, 2.05) is 30.3 Å². The summed E-state index contributed by atoms with van der Waals surface area (Å²) in [7, 11) is 0. The number of benzene rings is 1. The van der Waals surface area contributed by atoms with E-state index in [9.17, 15) is 9.59 Å². The average Bonchev–Trinajstić information content (AvgIpc) is 3.22. The Balaban J connectivity index is 1.42. The fraction of sp³-hybridized carbons (Fsp3) is 0.500. The molecule has 3 aromatic rings. The Hall–Kier alpha value is -2.73. The van der Waals surface area contributed by atoms with Crippen molar-refractivity contribution in [3.05, 3.63) is 74.8 Å². The van der Waals surface area contributed by atoms with E-state index in [-0.39, 0.29) is 6.61 Å². The van der Waals surface area contributed by atoms with Gasteiger partial charge < -0.3 is 9.15 Å². The average molecular weight is 510 g/mol. The third-order valence-electron chi connectivity index (χ3n) is 6.32. The van der Waals surface area contributed by atoms with Crippen LogP contribution in [0.5, 0.6) is 0 Å². The van der Waals surface area contributed by atoms with Crippen molar-refractivity contribution in [3.8, 4) is 0 Å². The summed E-state index contributed by atoms with van der Waals surface area (Å²) >= 11 is 1.20. The molecule has 0 saturated heterocycles. The number of allylic oxidation sites excluding steroid dienone is 2. The quantitative estimate of drug-likeness (QED) is 0.110. The summed E-state index contributed by atoms with van der Waals surface area (Å²) in [6.07, 6.45) is 18.7. The summed E-state index contributed by atoms with van der Waals surface area (Å²) in [5.74, 6) is -0.00594. The molecule has 2 aromatic heterocycles. The first-order valence-electron chi connectivity index (χ1n) is 13.4. The van der Waals surface area contributed by atoms with Crippen LogP contribution in [0.2, 0.25) is 0 Å². The van der Waals surface area contributed by atoms with Gasteiger partial charge in [0.2, 0.25) is 0 Å². The zero-order valence-electron chi connectivity index (χ0n) is 21.7. The van der Waals surface area contributed by atoms with E-state index in [1.165, 1.54) is 56.3 Å². The molecule has 2 heterocycles. The Kier molecular flexibility index (Phi) is 11.9. The van der Waals surface area contributed by atoms with Crippen LogP contribution in [-0.4, -0.2) is 11.0 Å². The highest BCUT2D eigenvalue weighted by atomic mass is 32.1. The van der Waals surface area contributed by atoms with Crippen molar-refractivity contribution in [1.82, 2.24) is 4.98 Å². The maximum Gasteiger partial charge on any atom is 0.349 e. The number of esters is 1. The Morgan fingerprint density at radius 1 is 0.972 bits per heavy atom. The van der Waals surface area contributed by atoms with Gasteiger partial charge in [0.15, 0.2) is 5.89 Å². The van der Waals surface area contributed by atoms with E-state index in [2.05, 4.69) is 24.1 Å². The number of nitrogens with zero attached hydrogens (tertiary/aromatic N) is 1. The lowest BCUT2D eigenvalue weighted by Gasteiger charge is -2.03. The van der Waals surface area contributed by atoms with Gasteiger partial charge in [-0.15, -0.1) is 11.3 Å². The van der Waals surface area contributed by atoms with Gasteiger partial charge in [0.05, 0.1) is 0 Å². The van der Waals surface area contributed by atoms with Crippen molar-refractivity contribution in [3.63, 3.8) is 0 Å². The maximum atomic E-state index is 12.6. The highest BCUT2D eigenvalue weighted by Crippen LogP contribution is 2.28. The van der Waals surface area contributed by atoms with Crippen LogP contribution >= 0.6 is 11.3 Å². The lowest BCUT2D eigenvalue weighted by Crippen LogP contribution is -2.07. The van der Waals surface area contributed by atoms with Crippen molar-refractivity contribution < 1.29 is 13.9 Å². The Bertz CT molecular complexity index is 1160. The normalized spacial score (nSPS) is 11.5. The topological polar surface area (TPSA) is 69.4 Å². The van der Waals surface area contributed by atoms with Gasteiger partial charge in [-0.25, -0.2) is 14.6 Å². The number of hydrogen-bond donors (Lipinski definition) is 0. The Labute approximate surface area is 218 Å². The molecule has 5 nitrogen and oxygen atoms in total. The van der Waals surface area contributed by atoms with Crippen LogP contribution in [0.15, 0.2) is 51.7 Å². The molecule has 0 saturated carbocycles. The van der Waals surface area contributed by atoms with E-state index in [4.69, 9.17) is 9.15 Å². The summed E-state index contributed by atoms with van der Waals surface area (Å²) in [4.78, 5) is 30.7. The molecule has 0 aliphatic carbocycles. The van der Waals surface area contributed by atoms with E-state index in [0.29, 0.717) is 33.0 Å². The Morgan fingerprint density at radius 2 is 1.64 bits per heavy atom. The van der Waals surface area contributed by atoms with Gasteiger partial charge in [-0.05, 0) is 50.2 Å². The summed E-state index contributed by atoms with van der Waals surface area (Å²) < 4.78 is 10.9. The molecule has 0 radical (unpaired) electrons. The zero-order chi connectivity index (χ0) is 25.6. The Morgan fingerprint density at radius 3 is 2.36 bits per heavy atom. The van der Waals surface area contributed by atoms with Crippen molar-refractivity contribution in [2.45, 2.75) is 97.5 Å². The molecule has 0 N–H and O–H groups in total. The monoisotopic (exact) mass is 509 g/mol. The third kappa shape index (κ3) is 8.74. The highest BCUT2D eigenvalue weighted by molar-refractivity contribution is 7.20. The van der Waals surface area contributed by atoms with Crippen molar-refractivity contribution in [2.24, 2.45) is 0 Å². The van der Waals surface area contributed by atoms with Gasteiger partial charge in [0, 0.05) is 6.42 Å². The van der Waals surface area contributed by atoms with Crippen LogP contribution in [0.3, 0.4) is 0 Å². The van der Waals surface area contributed by atoms with Crippen LogP contribution in [0.1, 0.15) is 104 Å². The van der Waals surface area contributed by atoms with E-state index < -0.39 is 11.6 Å². The van der Waals surface area contributed by atoms with Crippen LogP contribution in [0, 0.1) is 6.92 Å². The minimum Gasteiger partial charge on any atom is -0.457 e. The predicted octanol–water partition coefficient (Wildman–Crippen LogP) is 8.32. The van der Waals surface area contributed by atoms with Gasteiger partial charge in [0.25, 0.3) is 0 Å². The van der Waals surface area contributed by atoms with Crippen molar-refractivity contribution in [2.75, 3.05) is 0 Å². The number of thiophene rings is 1. The lowest BCUT2D eigenvalue weighted by molar-refractivity contribution is 0.0478. The first kappa shape index (κ1) is 27.9. The largest absolute Gasteiger partial charge is 0.457 e. The number of aromatic nitrogens is 1. The number of rotatable bonds is 16. The van der Waals surface area contributed by atoms with Gasteiger partial charge in [-0.3, -0.25) is 0 Å². The smallest absolute Gasteiger partial charge is 0.349 e. The molecule has 0 amide bonds. The molecule has 36 heavy (non-hydrogen) atoms. The minimum atomic E-state index is -0.441. The second-order valence-corrected chi connectivity index (χ2v) is 10.3. The van der Waals surface area contributed by atoms with Crippen molar-refractivity contribution >= 4 is 27.5 Å². The van der Waals surface area contributed by atoms with E-state index in [1.54, 1.807) is 6.92 Å². The molecule has 0 fully saturated rings. The van der Waals surface area contributed by atoms with Gasteiger partial charge in [-0.2, -0.15) is 0 Å². The second-order valence-electron chi connectivity index (χ2n) is 9.32. The second kappa shape index (κ2) is 15.4. The summed E-state index contributed by atoms with van der Waals surface area (Å²) in [6.45, 7) is 4.19. The lowest BCUT2D eigenvalue weighted by atomic mass is 10.1. The fourth-order valence-electron chi connectivity index (χ4n) is 4.20. The number of carbonyl (C=O) groups is 1. The molecule has 0 aliphatic heterocycles. The predicted molar refractivity (Wildman–Crippen MR) is 148 cm³/mol. The number of aryl methyl sites for hydroxylation is 2. The summed E-state index contributed by atoms with van der Waals surface area (Å²) in [5.41, 5.74) is 1.06. The van der Waals surface area contributed by atoms with E-state index >= 15 is 0 Å². The maximum absolute atomic E-state index is 12.6. The standard InChI is InChI=1S/C30H39NO4S/c1-3-4-5-6-7-8-9-10-11-12-13-14-18-21-25-31-28-26(29(32)35-25)23(2)27(36-28)30(33)34-22-24-19-16-15-17-20-24/h11-12,15-17,19-20H,3-10,13-14,18,21-22H2,1-2H3/b12-11+. The van der Waals surface area contributed by atoms with Crippen LogP contribution in [0.4, 0.5) is 0 Å². The first-order valence-corrected chi connectivity index (χ1v) is 14.2. The van der Waals surface area contributed by atoms with Gasteiger partial charge >= 0.3 is 11.6 Å². The summed E-state index contributed by atoms with van der Waals surface area (Å²) in [6, 6.07) is 9.52. The molecular formula is C30H39NO4S. The molecule has 1 aromatic carbocycles. The van der Waals surface area contributed by atoms with Crippen LogP contribution in [0.25, 0.3) is 10.2 Å². The highest BCUT2D eigenvalue weighted by Gasteiger charge is 2.21. The molecular weight excluding hydrogens is 470 g/mol. The number of unbranched alkanes of at least 4 members (excludes halogenated alkanes) is 9. The fourth-order valence-corrected chi connectivity index (χ4v) is 5.27. The molecule has 0 bridgehead atoms. The number of ether oxygens (including phenoxy) is 1. The third-order valence-corrected chi connectivity index (χ3v) is 7.49. The first-order chi connectivity index (χ1) is 17.6. The molecule has 0 aliphatic rings. The number of fused-ring (bicyclic) bond motifs is 1. The zero-order valence-corrected chi connectivity index (χ0v) is 22.5. The van der Waals surface area contributed by atoms with Gasteiger partial charge in [0.1, 0.15) is 21.7 Å². The molecule has 0 spiro atoms. The molecule has 3 rings (SSSR count). The summed E-state index contributed by atoms with van der Waals surface area (Å²) in [5, 5.41) is 0.378. The number of carbonyl (C=O) groups excluding carboxylic acids is 1. The van der Waals surface area contributed by atoms with Crippen LogP contribution in [-0.2, 0) is 17.8 Å².